The maximum absolute atomic E-state index is 10.2. The predicted octanol–water partition coefficient (Wildman–Crippen LogP) is 4.69. The molecule has 0 radical (unpaired) electrons. The molecule has 4 rings (SSSR count). The summed E-state index contributed by atoms with van der Waals surface area (Å²) < 4.78 is 17.0. The van der Waals surface area contributed by atoms with E-state index in [2.05, 4.69) is 55.7 Å². The monoisotopic (exact) mass is 524 g/mol. The number of piperazine rings is 1. The summed E-state index contributed by atoms with van der Waals surface area (Å²) in [5.74, 6) is 2.69. The standard InChI is InChI=1S/C29H40N4O3S/c1-20-17-32(18-21(2)33(20)11-12-34-5)27-26-19-36-29(3,4)15-24(26)25(16-30)28(31-27)37-13-10-22-8-7-9-23(14-22)35-6/h7-9,14,20-21H,10-13,15,17-19H2,1-6H3. The molecule has 3 heterocycles. The second-order valence-corrected chi connectivity index (χ2v) is 11.8. The number of benzene rings is 1. The van der Waals surface area contributed by atoms with Gasteiger partial charge < -0.3 is 19.1 Å². The van der Waals surface area contributed by atoms with Crippen LogP contribution in [0.3, 0.4) is 0 Å². The van der Waals surface area contributed by atoms with E-state index in [9.17, 15) is 5.26 Å². The molecule has 0 saturated carbocycles. The molecule has 2 aromatic rings. The highest BCUT2D eigenvalue weighted by molar-refractivity contribution is 7.99. The molecule has 0 N–H and O–H groups in total. The zero-order valence-electron chi connectivity index (χ0n) is 23.0. The highest BCUT2D eigenvalue weighted by Crippen LogP contribution is 2.39. The third-order valence-corrected chi connectivity index (χ3v) is 8.37. The van der Waals surface area contributed by atoms with Crippen molar-refractivity contribution >= 4 is 17.6 Å². The van der Waals surface area contributed by atoms with Crippen LogP contribution in [0.5, 0.6) is 5.75 Å². The van der Waals surface area contributed by atoms with Crippen LogP contribution in [0.1, 0.15) is 49.9 Å². The van der Waals surface area contributed by atoms with Crippen molar-refractivity contribution in [2.24, 2.45) is 0 Å². The van der Waals surface area contributed by atoms with E-state index in [1.807, 2.05) is 12.1 Å². The van der Waals surface area contributed by atoms with Gasteiger partial charge in [-0.1, -0.05) is 12.1 Å². The van der Waals surface area contributed by atoms with Crippen LogP contribution < -0.4 is 9.64 Å². The number of anilines is 1. The molecule has 1 saturated heterocycles. The Bertz CT molecular complexity index is 1120. The summed E-state index contributed by atoms with van der Waals surface area (Å²) in [6.07, 6.45) is 1.59. The molecule has 200 valence electrons. The average molecular weight is 525 g/mol. The van der Waals surface area contributed by atoms with Gasteiger partial charge in [0.25, 0.3) is 0 Å². The molecule has 8 heteroatoms. The summed E-state index contributed by atoms with van der Waals surface area (Å²) >= 11 is 1.68. The fourth-order valence-electron chi connectivity index (χ4n) is 5.47. The molecule has 1 aromatic heterocycles. The molecule has 2 aliphatic rings. The lowest BCUT2D eigenvalue weighted by Gasteiger charge is -2.46. The number of fused-ring (bicyclic) bond motifs is 1. The zero-order chi connectivity index (χ0) is 26.6. The van der Waals surface area contributed by atoms with Crippen molar-refractivity contribution in [1.82, 2.24) is 9.88 Å². The van der Waals surface area contributed by atoms with E-state index in [4.69, 9.17) is 19.2 Å². The van der Waals surface area contributed by atoms with Crippen molar-refractivity contribution < 1.29 is 14.2 Å². The Morgan fingerprint density at radius 3 is 2.62 bits per heavy atom. The molecular weight excluding hydrogens is 484 g/mol. The van der Waals surface area contributed by atoms with E-state index in [1.54, 1.807) is 26.0 Å². The van der Waals surface area contributed by atoms with Crippen LogP contribution in [0.25, 0.3) is 0 Å². The fourth-order valence-corrected chi connectivity index (χ4v) is 6.46. The van der Waals surface area contributed by atoms with Gasteiger partial charge in [0.1, 0.15) is 22.7 Å². The quantitative estimate of drug-likeness (QED) is 0.438. The molecule has 1 aromatic carbocycles. The van der Waals surface area contributed by atoms with Gasteiger partial charge in [0.2, 0.25) is 0 Å². The molecule has 0 bridgehead atoms. The topological polar surface area (TPSA) is 70.8 Å². The Balaban J connectivity index is 1.63. The largest absolute Gasteiger partial charge is 0.497 e. The van der Waals surface area contributed by atoms with Gasteiger partial charge in [-0.25, -0.2) is 4.98 Å². The average Bonchev–Trinajstić information content (AvgIpc) is 2.87. The van der Waals surface area contributed by atoms with Gasteiger partial charge >= 0.3 is 0 Å². The number of nitriles is 1. The van der Waals surface area contributed by atoms with E-state index in [1.165, 1.54) is 5.56 Å². The van der Waals surface area contributed by atoms with Crippen molar-refractivity contribution in [3.05, 3.63) is 46.5 Å². The van der Waals surface area contributed by atoms with Gasteiger partial charge in [-0.2, -0.15) is 5.26 Å². The van der Waals surface area contributed by atoms with Crippen LogP contribution in [0.2, 0.25) is 0 Å². The first-order valence-corrected chi connectivity index (χ1v) is 14.1. The first-order valence-electron chi connectivity index (χ1n) is 13.1. The van der Waals surface area contributed by atoms with Crippen LogP contribution in [0, 0.1) is 11.3 Å². The number of pyridine rings is 1. The Morgan fingerprint density at radius 2 is 1.95 bits per heavy atom. The number of hydrogen-bond acceptors (Lipinski definition) is 8. The number of aryl methyl sites for hydroxylation is 1. The Labute approximate surface area is 226 Å². The number of nitrogens with zero attached hydrogens (tertiary/aromatic N) is 4. The van der Waals surface area contributed by atoms with Crippen LogP contribution in [-0.4, -0.2) is 73.8 Å². The minimum absolute atomic E-state index is 0.306. The van der Waals surface area contributed by atoms with Crippen molar-refractivity contribution in [3.63, 3.8) is 0 Å². The van der Waals surface area contributed by atoms with Gasteiger partial charge in [-0.3, -0.25) is 4.90 Å². The van der Waals surface area contributed by atoms with Crippen molar-refractivity contribution in [1.29, 1.82) is 5.26 Å². The lowest BCUT2D eigenvalue weighted by Crippen LogP contribution is -2.58. The Hall–Kier alpha value is -2.31. The fraction of sp³-hybridized carbons (Fsp3) is 0.586. The zero-order valence-corrected chi connectivity index (χ0v) is 23.9. The van der Waals surface area contributed by atoms with Gasteiger partial charge in [-0.05, 0) is 57.4 Å². The van der Waals surface area contributed by atoms with Gasteiger partial charge in [0.05, 0.1) is 31.5 Å². The molecule has 0 spiro atoms. The maximum atomic E-state index is 10.2. The molecule has 2 atom stereocenters. The van der Waals surface area contributed by atoms with Gasteiger partial charge in [0, 0.05) is 56.6 Å². The lowest BCUT2D eigenvalue weighted by atomic mass is 9.89. The minimum atomic E-state index is -0.306. The van der Waals surface area contributed by atoms with E-state index in [-0.39, 0.29) is 5.60 Å². The summed E-state index contributed by atoms with van der Waals surface area (Å²) in [6, 6.07) is 11.4. The predicted molar refractivity (Wildman–Crippen MR) is 149 cm³/mol. The van der Waals surface area contributed by atoms with Crippen LogP contribution in [-0.2, 0) is 28.9 Å². The highest BCUT2D eigenvalue weighted by Gasteiger charge is 2.36. The third-order valence-electron chi connectivity index (χ3n) is 7.40. The molecule has 7 nitrogen and oxygen atoms in total. The first kappa shape index (κ1) is 27.7. The molecule has 1 fully saturated rings. The maximum Gasteiger partial charge on any atom is 0.135 e. The van der Waals surface area contributed by atoms with Gasteiger partial charge in [0.15, 0.2) is 0 Å². The third kappa shape index (κ3) is 6.40. The molecule has 0 amide bonds. The minimum Gasteiger partial charge on any atom is -0.497 e. The van der Waals surface area contributed by atoms with Crippen molar-refractivity contribution in [3.8, 4) is 11.8 Å². The lowest BCUT2D eigenvalue weighted by molar-refractivity contribution is -0.0403. The summed E-state index contributed by atoms with van der Waals surface area (Å²) in [7, 11) is 3.45. The van der Waals surface area contributed by atoms with E-state index >= 15 is 0 Å². The molecule has 0 aliphatic carbocycles. The number of hydrogen-bond donors (Lipinski definition) is 0. The number of aromatic nitrogens is 1. The van der Waals surface area contributed by atoms with Crippen molar-refractivity contribution in [2.75, 3.05) is 51.1 Å². The van der Waals surface area contributed by atoms with E-state index < -0.39 is 0 Å². The Kier molecular flexibility index (Phi) is 9.02. The van der Waals surface area contributed by atoms with Gasteiger partial charge in [-0.15, -0.1) is 11.8 Å². The number of methoxy groups -OCH3 is 2. The number of ether oxygens (including phenoxy) is 3. The summed E-state index contributed by atoms with van der Waals surface area (Å²) in [5.41, 5.74) is 3.81. The van der Waals surface area contributed by atoms with Crippen LogP contribution >= 0.6 is 11.8 Å². The van der Waals surface area contributed by atoms with Crippen LogP contribution in [0.4, 0.5) is 5.82 Å². The first-order chi connectivity index (χ1) is 17.8. The molecule has 2 unspecified atom stereocenters. The van der Waals surface area contributed by atoms with Crippen molar-refractivity contribution in [2.45, 2.75) is 69.9 Å². The summed E-state index contributed by atoms with van der Waals surface area (Å²) in [5, 5.41) is 11.1. The van der Waals surface area contributed by atoms with Crippen LogP contribution in [0.15, 0.2) is 29.3 Å². The van der Waals surface area contributed by atoms with E-state index in [0.717, 1.165) is 66.1 Å². The number of thioether (sulfide) groups is 1. The normalized spacial score (nSPS) is 21.4. The van der Waals surface area contributed by atoms with E-state index in [0.29, 0.717) is 30.7 Å². The summed E-state index contributed by atoms with van der Waals surface area (Å²) in [4.78, 5) is 10.1. The second kappa shape index (κ2) is 12.0. The highest BCUT2D eigenvalue weighted by atomic mass is 32.2. The Morgan fingerprint density at radius 1 is 1.19 bits per heavy atom. The molecule has 37 heavy (non-hydrogen) atoms. The second-order valence-electron chi connectivity index (χ2n) is 10.7. The number of rotatable bonds is 9. The molecule has 2 aliphatic heterocycles. The SMILES string of the molecule is COCCN1C(C)CN(c2nc(SCCc3cccc(OC)c3)c(C#N)c3c2COC(C)(C)C3)CC1C. The summed E-state index contributed by atoms with van der Waals surface area (Å²) in [6.45, 7) is 12.7. The molecular formula is C29H40N4O3S. The smallest absolute Gasteiger partial charge is 0.135 e.